The van der Waals surface area contributed by atoms with Crippen molar-refractivity contribution in [3.63, 3.8) is 0 Å². The Balaban J connectivity index is 2.04. The van der Waals surface area contributed by atoms with Crippen molar-refractivity contribution >= 4 is 5.78 Å². The fourth-order valence-electron chi connectivity index (χ4n) is 5.12. The van der Waals surface area contributed by atoms with Gasteiger partial charge in [-0.1, -0.05) is 13.8 Å². The highest BCUT2D eigenvalue weighted by atomic mass is 16.1. The molecule has 5 atom stereocenters. The van der Waals surface area contributed by atoms with Crippen molar-refractivity contribution < 1.29 is 4.79 Å². The van der Waals surface area contributed by atoms with Crippen molar-refractivity contribution in [2.24, 2.45) is 28.6 Å². The fraction of sp³-hybridized carbons (Fsp3) is 0.917. The molecule has 1 unspecified atom stereocenters. The molecule has 0 aromatic heterocycles. The van der Waals surface area contributed by atoms with E-state index < -0.39 is 0 Å². The van der Waals surface area contributed by atoms with Gasteiger partial charge < -0.3 is 0 Å². The van der Waals surface area contributed by atoms with Gasteiger partial charge in [-0.25, -0.2) is 0 Å². The van der Waals surface area contributed by atoms with Gasteiger partial charge in [-0.3, -0.25) is 4.79 Å². The Morgan fingerprint density at radius 1 is 1.15 bits per heavy atom. The summed E-state index contributed by atoms with van der Waals surface area (Å²) in [6.07, 6.45) is 4.19. The summed E-state index contributed by atoms with van der Waals surface area (Å²) >= 11 is 0. The minimum Gasteiger partial charge on any atom is -0.300 e. The van der Waals surface area contributed by atoms with Gasteiger partial charge in [-0.2, -0.15) is 0 Å². The summed E-state index contributed by atoms with van der Waals surface area (Å²) in [7, 11) is 0. The number of Topliss-reactive ketones (excluding diaryl/α,β-unsaturated/α-hetero) is 1. The minimum atomic E-state index is 0.405. The lowest BCUT2D eigenvalue weighted by molar-refractivity contribution is -0.119. The SMILES string of the molecule is CC(=O)C1[C@@]2(C)[C@H]3CC[C@H](C3)[C@@]12C. The summed E-state index contributed by atoms with van der Waals surface area (Å²) in [5.41, 5.74) is 0.809. The van der Waals surface area contributed by atoms with Crippen LogP contribution in [0, 0.1) is 28.6 Å². The summed E-state index contributed by atoms with van der Waals surface area (Å²) < 4.78 is 0. The van der Waals surface area contributed by atoms with Crippen molar-refractivity contribution in [2.75, 3.05) is 0 Å². The highest BCUT2D eigenvalue weighted by molar-refractivity contribution is 5.84. The maximum Gasteiger partial charge on any atom is 0.134 e. The predicted molar refractivity (Wildman–Crippen MR) is 51.2 cm³/mol. The summed E-state index contributed by atoms with van der Waals surface area (Å²) in [5, 5.41) is 0. The van der Waals surface area contributed by atoms with Crippen molar-refractivity contribution in [1.29, 1.82) is 0 Å². The second kappa shape index (κ2) is 1.87. The molecule has 0 radical (unpaired) electrons. The zero-order valence-electron chi connectivity index (χ0n) is 8.76. The molecule has 0 N–H and O–H groups in total. The number of rotatable bonds is 1. The van der Waals surface area contributed by atoms with Crippen LogP contribution in [0.15, 0.2) is 0 Å². The van der Waals surface area contributed by atoms with Crippen LogP contribution in [0.3, 0.4) is 0 Å². The number of fused-ring (bicyclic) bond motifs is 5. The molecule has 2 bridgehead atoms. The van der Waals surface area contributed by atoms with E-state index in [-0.39, 0.29) is 0 Å². The third kappa shape index (κ3) is 0.572. The van der Waals surface area contributed by atoms with Crippen molar-refractivity contribution in [3.8, 4) is 0 Å². The second-order valence-electron chi connectivity index (χ2n) is 5.82. The smallest absolute Gasteiger partial charge is 0.134 e. The van der Waals surface area contributed by atoms with Gasteiger partial charge in [-0.15, -0.1) is 0 Å². The van der Waals surface area contributed by atoms with Gasteiger partial charge in [-0.05, 0) is 48.9 Å². The van der Waals surface area contributed by atoms with Gasteiger partial charge in [0.1, 0.15) is 5.78 Å². The minimum absolute atomic E-state index is 0.405. The van der Waals surface area contributed by atoms with Crippen LogP contribution in [0.5, 0.6) is 0 Å². The van der Waals surface area contributed by atoms with E-state index in [2.05, 4.69) is 13.8 Å². The lowest BCUT2D eigenvalue weighted by Gasteiger charge is -2.22. The highest BCUT2D eigenvalue weighted by Crippen LogP contribution is 2.85. The van der Waals surface area contributed by atoms with Gasteiger partial charge >= 0.3 is 0 Å². The highest BCUT2D eigenvalue weighted by Gasteiger charge is 2.82. The van der Waals surface area contributed by atoms with Gasteiger partial charge in [0, 0.05) is 5.92 Å². The van der Waals surface area contributed by atoms with Crippen LogP contribution < -0.4 is 0 Å². The zero-order chi connectivity index (χ0) is 9.43. The zero-order valence-corrected chi connectivity index (χ0v) is 8.76. The number of hydrogen-bond donors (Lipinski definition) is 0. The molecule has 72 valence electrons. The Hall–Kier alpha value is -0.330. The maximum absolute atomic E-state index is 11.5. The molecule has 3 saturated carbocycles. The van der Waals surface area contributed by atoms with Crippen LogP contribution in [-0.2, 0) is 4.79 Å². The second-order valence-corrected chi connectivity index (χ2v) is 5.82. The largest absolute Gasteiger partial charge is 0.300 e. The van der Waals surface area contributed by atoms with Gasteiger partial charge in [0.05, 0.1) is 0 Å². The lowest BCUT2D eigenvalue weighted by atomic mass is 9.82. The van der Waals surface area contributed by atoms with Crippen molar-refractivity contribution in [3.05, 3.63) is 0 Å². The van der Waals surface area contributed by atoms with E-state index >= 15 is 0 Å². The van der Waals surface area contributed by atoms with Gasteiger partial charge in [0.25, 0.3) is 0 Å². The third-order valence-electron chi connectivity index (χ3n) is 5.81. The fourth-order valence-corrected chi connectivity index (χ4v) is 5.12. The van der Waals surface area contributed by atoms with Gasteiger partial charge in [0.15, 0.2) is 0 Å². The monoisotopic (exact) mass is 178 g/mol. The maximum atomic E-state index is 11.5. The molecule has 0 aromatic carbocycles. The molecule has 3 rings (SSSR count). The third-order valence-corrected chi connectivity index (χ3v) is 5.81. The van der Waals surface area contributed by atoms with E-state index in [1.807, 2.05) is 0 Å². The molecule has 3 aliphatic rings. The topological polar surface area (TPSA) is 17.1 Å². The van der Waals surface area contributed by atoms with Crippen LogP contribution >= 0.6 is 0 Å². The molecule has 1 heteroatoms. The van der Waals surface area contributed by atoms with Crippen molar-refractivity contribution in [2.45, 2.75) is 40.0 Å². The average Bonchev–Trinajstić information content (AvgIpc) is 2.44. The molecule has 0 saturated heterocycles. The van der Waals surface area contributed by atoms with Crippen LogP contribution in [0.2, 0.25) is 0 Å². The summed E-state index contributed by atoms with van der Waals surface area (Å²) in [5.74, 6) is 2.60. The molecular weight excluding hydrogens is 160 g/mol. The van der Waals surface area contributed by atoms with E-state index in [0.717, 1.165) is 11.8 Å². The van der Waals surface area contributed by atoms with E-state index in [1.54, 1.807) is 6.92 Å². The Bertz CT molecular complexity index is 273. The number of carbonyl (C=O) groups is 1. The Kier molecular flexibility index (Phi) is 1.15. The molecule has 0 aliphatic heterocycles. The molecule has 1 nitrogen and oxygen atoms in total. The average molecular weight is 178 g/mol. The lowest BCUT2D eigenvalue weighted by Crippen LogP contribution is -2.15. The van der Waals surface area contributed by atoms with Crippen LogP contribution in [0.1, 0.15) is 40.0 Å². The molecule has 0 amide bonds. The standard InChI is InChI=1S/C12H18O/c1-7(13)10-11(2)8-4-5-9(6-8)12(10,11)3/h8-10H,4-6H2,1-3H3/t8-,9+,10?,11+,12-. The number of hydrogen-bond acceptors (Lipinski definition) is 1. The molecule has 0 heterocycles. The predicted octanol–water partition coefficient (Wildman–Crippen LogP) is 2.65. The Labute approximate surface area is 79.9 Å². The first-order valence-corrected chi connectivity index (χ1v) is 5.53. The normalized spacial score (nSPS) is 62.2. The summed E-state index contributed by atoms with van der Waals surface area (Å²) in [6.45, 7) is 6.52. The molecule has 3 aliphatic carbocycles. The number of carbonyl (C=O) groups excluding carboxylic acids is 1. The van der Waals surface area contributed by atoms with E-state index in [1.165, 1.54) is 19.3 Å². The first-order valence-electron chi connectivity index (χ1n) is 5.53. The molecule has 0 spiro atoms. The molecular formula is C12H18O. The van der Waals surface area contributed by atoms with Crippen molar-refractivity contribution in [1.82, 2.24) is 0 Å². The quantitative estimate of drug-likeness (QED) is 0.603. The molecule has 13 heavy (non-hydrogen) atoms. The molecule has 0 aromatic rings. The van der Waals surface area contributed by atoms with Gasteiger partial charge in [0.2, 0.25) is 0 Å². The Morgan fingerprint density at radius 2 is 1.62 bits per heavy atom. The van der Waals surface area contributed by atoms with E-state index in [0.29, 0.717) is 22.5 Å². The van der Waals surface area contributed by atoms with E-state index in [4.69, 9.17) is 0 Å². The van der Waals surface area contributed by atoms with Crippen LogP contribution in [0.4, 0.5) is 0 Å². The van der Waals surface area contributed by atoms with Crippen LogP contribution in [0.25, 0.3) is 0 Å². The molecule has 3 fully saturated rings. The first kappa shape index (κ1) is 8.02. The number of ketones is 1. The van der Waals surface area contributed by atoms with Crippen LogP contribution in [-0.4, -0.2) is 5.78 Å². The van der Waals surface area contributed by atoms with E-state index in [9.17, 15) is 4.79 Å². The summed E-state index contributed by atoms with van der Waals surface area (Å²) in [6, 6.07) is 0. The Morgan fingerprint density at radius 3 is 2.00 bits per heavy atom. The summed E-state index contributed by atoms with van der Waals surface area (Å²) in [4.78, 5) is 11.5. The first-order chi connectivity index (χ1) is 6.03.